The van der Waals surface area contributed by atoms with E-state index in [4.69, 9.17) is 5.11 Å². The predicted octanol–water partition coefficient (Wildman–Crippen LogP) is 0.491. The molecule has 1 aliphatic rings. The molecule has 0 radical (unpaired) electrons. The third-order valence-corrected chi connectivity index (χ3v) is 4.53. The lowest BCUT2D eigenvalue weighted by atomic mass is 9.96. The van der Waals surface area contributed by atoms with Gasteiger partial charge in [-0.15, -0.1) is 0 Å². The average Bonchev–Trinajstić information content (AvgIpc) is 2.51. The van der Waals surface area contributed by atoms with Crippen LogP contribution in [0.1, 0.15) is 33.6 Å². The number of hydrogen-bond donors (Lipinski definition) is 3. The lowest BCUT2D eigenvalue weighted by Gasteiger charge is -2.32. The van der Waals surface area contributed by atoms with Crippen LogP contribution in [0.5, 0.6) is 0 Å². The summed E-state index contributed by atoms with van der Waals surface area (Å²) < 4.78 is 0. The van der Waals surface area contributed by atoms with Crippen LogP contribution < -0.4 is 5.32 Å². The van der Waals surface area contributed by atoms with E-state index in [1.807, 2.05) is 9.80 Å². The summed E-state index contributed by atoms with van der Waals surface area (Å²) in [5.74, 6) is -1.68. The third-order valence-electron chi connectivity index (χ3n) is 4.53. The Kier molecular flexibility index (Phi) is 10.8. The first-order valence-electron chi connectivity index (χ1n) is 9.97. The van der Waals surface area contributed by atoms with Crippen LogP contribution in [0.2, 0.25) is 0 Å². The van der Waals surface area contributed by atoms with E-state index >= 15 is 0 Å². The highest BCUT2D eigenvalue weighted by Gasteiger charge is 2.18. The molecule has 8 nitrogen and oxygen atoms in total. The number of aliphatic carboxylic acids is 2. The maximum Gasteiger partial charge on any atom is 0.317 e. The van der Waals surface area contributed by atoms with Crippen molar-refractivity contribution in [3.63, 3.8) is 0 Å². The zero-order chi connectivity index (χ0) is 20.3. The Morgan fingerprint density at radius 2 is 1.30 bits per heavy atom. The fourth-order valence-corrected chi connectivity index (χ4v) is 3.45. The number of carboxylic acids is 2. The number of carbonyl (C=O) groups is 2. The van der Waals surface area contributed by atoms with Crippen LogP contribution in [-0.4, -0.2) is 109 Å². The Labute approximate surface area is 163 Å². The third kappa shape index (κ3) is 12.7. The molecule has 0 atom stereocenters. The lowest BCUT2D eigenvalue weighted by molar-refractivity contribution is -0.140. The van der Waals surface area contributed by atoms with E-state index in [2.05, 4.69) is 31.0 Å². The van der Waals surface area contributed by atoms with Gasteiger partial charge in [-0.2, -0.15) is 0 Å². The molecule has 0 saturated carbocycles. The molecule has 1 heterocycles. The van der Waals surface area contributed by atoms with Gasteiger partial charge in [0.1, 0.15) is 0 Å². The van der Waals surface area contributed by atoms with E-state index < -0.39 is 11.9 Å². The van der Waals surface area contributed by atoms with Gasteiger partial charge in [0.2, 0.25) is 0 Å². The van der Waals surface area contributed by atoms with Crippen LogP contribution in [-0.2, 0) is 9.59 Å². The first-order chi connectivity index (χ1) is 12.7. The smallest absolute Gasteiger partial charge is 0.317 e. The largest absolute Gasteiger partial charge is 0.480 e. The van der Waals surface area contributed by atoms with Gasteiger partial charge in [0.25, 0.3) is 0 Å². The van der Waals surface area contributed by atoms with E-state index in [1.54, 1.807) is 0 Å². The molecule has 8 heteroatoms. The Bertz CT molecular complexity index is 453. The molecule has 3 N–H and O–H groups in total. The van der Waals surface area contributed by atoms with Crippen LogP contribution in [0.15, 0.2) is 0 Å². The molecule has 1 rings (SSSR count). The lowest BCUT2D eigenvalue weighted by Crippen LogP contribution is -2.43. The highest BCUT2D eigenvalue weighted by molar-refractivity contribution is 5.69. The summed E-state index contributed by atoms with van der Waals surface area (Å²) in [5.41, 5.74) is 0.226. The molecule has 1 aliphatic heterocycles. The van der Waals surface area contributed by atoms with Crippen LogP contribution in [0.3, 0.4) is 0 Å². The summed E-state index contributed by atoms with van der Waals surface area (Å²) in [6.07, 6.45) is 1.79. The van der Waals surface area contributed by atoms with Gasteiger partial charge in [0, 0.05) is 39.3 Å². The van der Waals surface area contributed by atoms with Crippen molar-refractivity contribution in [2.45, 2.75) is 33.6 Å². The van der Waals surface area contributed by atoms with Gasteiger partial charge in [0.15, 0.2) is 0 Å². The first-order valence-corrected chi connectivity index (χ1v) is 9.97. The van der Waals surface area contributed by atoms with Crippen molar-refractivity contribution in [3.05, 3.63) is 0 Å². The molecular weight excluding hydrogens is 348 g/mol. The Morgan fingerprint density at radius 1 is 0.778 bits per heavy atom. The monoisotopic (exact) mass is 386 g/mol. The van der Waals surface area contributed by atoms with Gasteiger partial charge in [-0.25, -0.2) is 0 Å². The normalized spacial score (nSPS) is 20.9. The molecule has 1 fully saturated rings. The van der Waals surface area contributed by atoms with Gasteiger partial charge >= 0.3 is 11.9 Å². The molecule has 0 aromatic rings. The second-order valence-electron chi connectivity index (χ2n) is 8.63. The van der Waals surface area contributed by atoms with Gasteiger partial charge in [0.05, 0.1) is 13.1 Å². The molecule has 158 valence electrons. The van der Waals surface area contributed by atoms with E-state index in [1.165, 1.54) is 0 Å². The van der Waals surface area contributed by atoms with Crippen LogP contribution >= 0.6 is 0 Å². The van der Waals surface area contributed by atoms with Crippen molar-refractivity contribution >= 4 is 11.9 Å². The minimum atomic E-state index is -0.841. The quantitative estimate of drug-likeness (QED) is 0.628. The maximum atomic E-state index is 11.2. The number of nitrogens with one attached hydrogen (secondary N) is 1. The van der Waals surface area contributed by atoms with E-state index in [-0.39, 0.29) is 18.5 Å². The molecule has 0 aromatic carbocycles. The SMILES string of the molecule is CC(C)(C)CN1CCCN(CC(=O)O)CCN(CC(=O)O)CCCNCC1. The molecule has 0 unspecified atom stereocenters. The molecule has 0 amide bonds. The maximum absolute atomic E-state index is 11.2. The fraction of sp³-hybridized carbons (Fsp3) is 0.895. The molecule has 1 saturated heterocycles. The van der Waals surface area contributed by atoms with Gasteiger partial charge in [-0.1, -0.05) is 20.8 Å². The Morgan fingerprint density at radius 3 is 1.81 bits per heavy atom. The van der Waals surface area contributed by atoms with Crippen molar-refractivity contribution in [2.24, 2.45) is 5.41 Å². The van der Waals surface area contributed by atoms with Crippen molar-refractivity contribution in [2.75, 3.05) is 72.0 Å². The first kappa shape index (κ1) is 23.8. The van der Waals surface area contributed by atoms with Crippen molar-refractivity contribution in [1.82, 2.24) is 20.0 Å². The van der Waals surface area contributed by atoms with Gasteiger partial charge < -0.3 is 20.4 Å². The number of nitrogens with zero attached hydrogens (tertiary/aromatic N) is 3. The summed E-state index contributed by atoms with van der Waals surface area (Å²) in [6, 6.07) is 0. The minimum Gasteiger partial charge on any atom is -0.480 e. The summed E-state index contributed by atoms with van der Waals surface area (Å²) in [4.78, 5) is 28.5. The van der Waals surface area contributed by atoms with Crippen molar-refractivity contribution in [1.29, 1.82) is 0 Å². The summed E-state index contributed by atoms with van der Waals surface area (Å²) in [5, 5.41) is 21.7. The van der Waals surface area contributed by atoms with Crippen LogP contribution in [0.25, 0.3) is 0 Å². The second-order valence-corrected chi connectivity index (χ2v) is 8.63. The molecule has 0 spiro atoms. The highest BCUT2D eigenvalue weighted by Crippen LogP contribution is 2.15. The van der Waals surface area contributed by atoms with E-state index in [0.29, 0.717) is 26.2 Å². The molecule has 0 aliphatic carbocycles. The number of rotatable bonds is 5. The predicted molar refractivity (Wildman–Crippen MR) is 106 cm³/mol. The van der Waals surface area contributed by atoms with Crippen molar-refractivity contribution in [3.8, 4) is 0 Å². The average molecular weight is 387 g/mol. The summed E-state index contributed by atoms with van der Waals surface area (Å²) in [7, 11) is 0. The standard InChI is InChI=1S/C19H38N4O4/c1-19(2,3)16-23-10-5-9-22(15-18(26)27)13-12-21(14-17(24)25)8-4-6-20-7-11-23/h20H,4-16H2,1-3H3,(H,24,25)(H,26,27). The fourth-order valence-electron chi connectivity index (χ4n) is 3.45. The van der Waals surface area contributed by atoms with Gasteiger partial charge in [-0.05, 0) is 37.9 Å². The molecular formula is C19H38N4O4. The molecule has 0 aromatic heterocycles. The number of carboxylic acid groups (broad SMARTS) is 2. The Balaban J connectivity index is 2.69. The van der Waals surface area contributed by atoms with E-state index in [9.17, 15) is 14.7 Å². The number of hydrogen-bond acceptors (Lipinski definition) is 6. The van der Waals surface area contributed by atoms with Crippen molar-refractivity contribution < 1.29 is 19.8 Å². The van der Waals surface area contributed by atoms with E-state index in [0.717, 1.165) is 45.6 Å². The highest BCUT2D eigenvalue weighted by atomic mass is 16.4. The second kappa shape index (κ2) is 12.3. The molecule has 0 bridgehead atoms. The van der Waals surface area contributed by atoms with Gasteiger partial charge in [-0.3, -0.25) is 19.4 Å². The summed E-state index contributed by atoms with van der Waals surface area (Å²) >= 11 is 0. The zero-order valence-electron chi connectivity index (χ0n) is 17.2. The minimum absolute atomic E-state index is 0.000270. The van der Waals surface area contributed by atoms with Crippen LogP contribution in [0, 0.1) is 5.41 Å². The summed E-state index contributed by atoms with van der Waals surface area (Å²) in [6.45, 7) is 14.0. The topological polar surface area (TPSA) is 96.4 Å². The Hall–Kier alpha value is -1.22. The zero-order valence-corrected chi connectivity index (χ0v) is 17.2. The van der Waals surface area contributed by atoms with Crippen LogP contribution in [0.4, 0.5) is 0 Å². The molecule has 27 heavy (non-hydrogen) atoms.